The van der Waals surface area contributed by atoms with E-state index in [0.29, 0.717) is 11.5 Å². The lowest BCUT2D eigenvalue weighted by molar-refractivity contribution is 0.102. The number of carbonyl (C=O) groups excluding carboxylic acids is 1. The lowest BCUT2D eigenvalue weighted by Crippen LogP contribution is -2.13. The van der Waals surface area contributed by atoms with Crippen LogP contribution in [0.5, 0.6) is 0 Å². The molecule has 4 aromatic rings. The molecule has 122 valence electrons. The number of rotatable bonds is 3. The van der Waals surface area contributed by atoms with Crippen LogP contribution in [0.2, 0.25) is 0 Å². The number of amides is 1. The summed E-state index contributed by atoms with van der Waals surface area (Å²) in [6.07, 6.45) is 3.23. The number of benzene rings is 2. The fourth-order valence-electron chi connectivity index (χ4n) is 2.59. The second-order valence-electron chi connectivity index (χ2n) is 5.44. The molecule has 0 aliphatic rings. The summed E-state index contributed by atoms with van der Waals surface area (Å²) < 4.78 is 15.5. The number of carbonyl (C=O) groups is 1. The van der Waals surface area contributed by atoms with Crippen molar-refractivity contribution in [2.75, 3.05) is 5.32 Å². The summed E-state index contributed by atoms with van der Waals surface area (Å²) in [6.45, 7) is 0. The zero-order valence-corrected chi connectivity index (χ0v) is 13.1. The Kier molecular flexibility index (Phi) is 3.70. The van der Waals surface area contributed by atoms with Crippen LogP contribution in [-0.4, -0.2) is 20.4 Å². The number of hydrogen-bond acceptors (Lipinski definition) is 3. The maximum Gasteiger partial charge on any atom is 0.258 e. The fourth-order valence-corrected chi connectivity index (χ4v) is 2.59. The SMILES string of the molecule is O=C(Nc1ccc(-n2cnc3ccccc32)nc1)c1ccccc1F. The molecule has 2 aromatic carbocycles. The third-order valence-corrected chi connectivity index (χ3v) is 3.82. The van der Waals surface area contributed by atoms with Gasteiger partial charge in [-0.1, -0.05) is 24.3 Å². The molecular weight excluding hydrogens is 319 g/mol. The van der Waals surface area contributed by atoms with Crippen molar-refractivity contribution in [2.24, 2.45) is 0 Å². The van der Waals surface area contributed by atoms with Gasteiger partial charge in [-0.3, -0.25) is 9.36 Å². The van der Waals surface area contributed by atoms with Gasteiger partial charge < -0.3 is 5.32 Å². The molecule has 4 rings (SSSR count). The van der Waals surface area contributed by atoms with Crippen LogP contribution in [-0.2, 0) is 0 Å². The Morgan fingerprint density at radius 1 is 0.960 bits per heavy atom. The molecule has 0 aliphatic heterocycles. The summed E-state index contributed by atoms with van der Waals surface area (Å²) in [5, 5.41) is 2.64. The first-order valence-electron chi connectivity index (χ1n) is 7.67. The van der Waals surface area contributed by atoms with Gasteiger partial charge in [0.1, 0.15) is 18.0 Å². The Morgan fingerprint density at radius 3 is 2.56 bits per heavy atom. The highest BCUT2D eigenvalue weighted by molar-refractivity contribution is 6.04. The van der Waals surface area contributed by atoms with Crippen molar-refractivity contribution in [2.45, 2.75) is 0 Å². The molecule has 2 aromatic heterocycles. The molecule has 0 bridgehead atoms. The highest BCUT2D eigenvalue weighted by atomic mass is 19.1. The fraction of sp³-hybridized carbons (Fsp3) is 0. The minimum absolute atomic E-state index is 0.00724. The van der Waals surface area contributed by atoms with Crippen LogP contribution >= 0.6 is 0 Å². The van der Waals surface area contributed by atoms with Gasteiger partial charge in [-0.15, -0.1) is 0 Å². The molecule has 0 saturated carbocycles. The van der Waals surface area contributed by atoms with E-state index < -0.39 is 11.7 Å². The first-order valence-corrected chi connectivity index (χ1v) is 7.67. The number of halogens is 1. The molecule has 0 spiro atoms. The Bertz CT molecular complexity index is 1060. The average Bonchev–Trinajstić information content (AvgIpc) is 3.07. The topological polar surface area (TPSA) is 59.8 Å². The van der Waals surface area contributed by atoms with Gasteiger partial charge in [-0.25, -0.2) is 14.4 Å². The molecular formula is C19H13FN4O. The third-order valence-electron chi connectivity index (χ3n) is 3.82. The Hall–Kier alpha value is -3.54. The zero-order chi connectivity index (χ0) is 17.2. The number of nitrogens with one attached hydrogen (secondary N) is 1. The molecule has 25 heavy (non-hydrogen) atoms. The Labute approximate surface area is 142 Å². The van der Waals surface area contributed by atoms with Gasteiger partial charge in [0.2, 0.25) is 0 Å². The van der Waals surface area contributed by atoms with E-state index in [9.17, 15) is 9.18 Å². The van der Waals surface area contributed by atoms with E-state index in [1.165, 1.54) is 24.4 Å². The van der Waals surface area contributed by atoms with Crippen molar-refractivity contribution in [3.8, 4) is 5.82 Å². The molecule has 6 heteroatoms. The van der Waals surface area contributed by atoms with E-state index in [2.05, 4.69) is 15.3 Å². The van der Waals surface area contributed by atoms with Crippen LogP contribution < -0.4 is 5.32 Å². The summed E-state index contributed by atoms with van der Waals surface area (Å²) in [6, 6.07) is 17.1. The number of nitrogens with zero attached hydrogens (tertiary/aromatic N) is 3. The lowest BCUT2D eigenvalue weighted by atomic mass is 10.2. The maximum atomic E-state index is 13.7. The number of imidazole rings is 1. The summed E-state index contributed by atoms with van der Waals surface area (Å²) in [5.74, 6) is -0.396. The summed E-state index contributed by atoms with van der Waals surface area (Å²) in [4.78, 5) is 20.8. The van der Waals surface area contributed by atoms with Crippen LogP contribution in [0.15, 0.2) is 73.2 Å². The van der Waals surface area contributed by atoms with Crippen LogP contribution in [0.3, 0.4) is 0 Å². The number of aromatic nitrogens is 3. The number of fused-ring (bicyclic) bond motifs is 1. The zero-order valence-electron chi connectivity index (χ0n) is 13.1. The molecule has 5 nitrogen and oxygen atoms in total. The minimum atomic E-state index is -0.561. The van der Waals surface area contributed by atoms with E-state index in [4.69, 9.17) is 0 Å². The molecule has 0 radical (unpaired) electrons. The average molecular weight is 332 g/mol. The van der Waals surface area contributed by atoms with E-state index in [0.717, 1.165) is 11.0 Å². The van der Waals surface area contributed by atoms with Crippen LogP contribution in [0.25, 0.3) is 16.9 Å². The molecule has 1 N–H and O–H groups in total. The number of para-hydroxylation sites is 2. The minimum Gasteiger partial charge on any atom is -0.320 e. The van der Waals surface area contributed by atoms with Crippen molar-refractivity contribution in [3.05, 3.63) is 84.6 Å². The van der Waals surface area contributed by atoms with Crippen LogP contribution in [0.4, 0.5) is 10.1 Å². The highest BCUT2D eigenvalue weighted by Gasteiger charge is 2.11. The van der Waals surface area contributed by atoms with E-state index in [1.54, 1.807) is 24.5 Å². The first-order chi connectivity index (χ1) is 12.2. The van der Waals surface area contributed by atoms with Crippen LogP contribution in [0.1, 0.15) is 10.4 Å². The van der Waals surface area contributed by atoms with E-state index >= 15 is 0 Å². The monoisotopic (exact) mass is 332 g/mol. The number of anilines is 1. The van der Waals surface area contributed by atoms with E-state index in [1.807, 2.05) is 28.8 Å². The molecule has 1 amide bonds. The Morgan fingerprint density at radius 2 is 1.76 bits per heavy atom. The molecule has 2 heterocycles. The van der Waals surface area contributed by atoms with Gasteiger partial charge in [0.05, 0.1) is 28.5 Å². The van der Waals surface area contributed by atoms with Crippen molar-refractivity contribution < 1.29 is 9.18 Å². The second-order valence-corrected chi connectivity index (χ2v) is 5.44. The molecule has 0 atom stereocenters. The van der Waals surface area contributed by atoms with Gasteiger partial charge in [0.25, 0.3) is 5.91 Å². The van der Waals surface area contributed by atoms with Gasteiger partial charge in [0, 0.05) is 0 Å². The Balaban J connectivity index is 1.58. The molecule has 0 aliphatic carbocycles. The number of hydrogen-bond donors (Lipinski definition) is 1. The molecule has 0 fully saturated rings. The van der Waals surface area contributed by atoms with Crippen molar-refractivity contribution >= 4 is 22.6 Å². The van der Waals surface area contributed by atoms with E-state index in [-0.39, 0.29) is 5.56 Å². The summed E-state index contributed by atoms with van der Waals surface area (Å²) in [7, 11) is 0. The quantitative estimate of drug-likeness (QED) is 0.620. The predicted octanol–water partition coefficient (Wildman–Crippen LogP) is 3.81. The van der Waals surface area contributed by atoms with Crippen molar-refractivity contribution in [1.82, 2.24) is 14.5 Å². The van der Waals surface area contributed by atoms with Crippen LogP contribution in [0, 0.1) is 5.82 Å². The predicted molar refractivity (Wildman–Crippen MR) is 93.2 cm³/mol. The molecule has 0 unspecified atom stereocenters. The first kappa shape index (κ1) is 15.0. The van der Waals surface area contributed by atoms with Gasteiger partial charge in [0.15, 0.2) is 0 Å². The largest absolute Gasteiger partial charge is 0.320 e. The summed E-state index contributed by atoms with van der Waals surface area (Å²) >= 11 is 0. The molecule has 0 saturated heterocycles. The number of pyridine rings is 1. The highest BCUT2D eigenvalue weighted by Crippen LogP contribution is 2.18. The third kappa shape index (κ3) is 2.85. The second kappa shape index (κ2) is 6.16. The van der Waals surface area contributed by atoms with Crippen molar-refractivity contribution in [3.63, 3.8) is 0 Å². The normalized spacial score (nSPS) is 10.8. The smallest absolute Gasteiger partial charge is 0.258 e. The van der Waals surface area contributed by atoms with Gasteiger partial charge in [-0.2, -0.15) is 0 Å². The maximum absolute atomic E-state index is 13.7. The summed E-state index contributed by atoms with van der Waals surface area (Å²) in [5.41, 5.74) is 2.30. The van der Waals surface area contributed by atoms with Gasteiger partial charge >= 0.3 is 0 Å². The van der Waals surface area contributed by atoms with Gasteiger partial charge in [-0.05, 0) is 36.4 Å². The standard InChI is InChI=1S/C19H13FN4O/c20-15-6-2-1-5-14(15)19(25)23-13-9-10-18(21-11-13)24-12-22-16-7-3-4-8-17(16)24/h1-12H,(H,23,25). The lowest BCUT2D eigenvalue weighted by Gasteiger charge is -2.07. The van der Waals surface area contributed by atoms with Crippen molar-refractivity contribution in [1.29, 1.82) is 0 Å².